The third-order valence-electron chi connectivity index (χ3n) is 3.00. The third kappa shape index (κ3) is 6.97. The van der Waals surface area contributed by atoms with Crippen LogP contribution in [0, 0.1) is 0 Å². The number of benzene rings is 1. The van der Waals surface area contributed by atoms with Crippen molar-refractivity contribution in [1.82, 2.24) is 0 Å². The lowest BCUT2D eigenvalue weighted by atomic mass is 10.1. The van der Waals surface area contributed by atoms with Gasteiger partial charge in [0, 0.05) is 0 Å². The number of ether oxygens (including phenoxy) is 2. The highest BCUT2D eigenvalue weighted by Gasteiger charge is 2.05. The third-order valence-corrected chi connectivity index (χ3v) is 3.42. The van der Waals surface area contributed by atoms with Crippen LogP contribution in [0.15, 0.2) is 34.4 Å². The van der Waals surface area contributed by atoms with Crippen molar-refractivity contribution in [2.24, 2.45) is 0 Å². The van der Waals surface area contributed by atoms with E-state index in [-0.39, 0.29) is 6.10 Å². The van der Waals surface area contributed by atoms with E-state index in [4.69, 9.17) is 9.47 Å². The molecular weight excluding hydrogens is 351 g/mol. The van der Waals surface area contributed by atoms with Crippen LogP contribution in [0.4, 0.5) is 0 Å². The SMILES string of the molecule is CCCCC[C@H](/C=C/I)OCc1ccc(OC)cc1. The Kier molecular flexibility index (Phi) is 8.91. The van der Waals surface area contributed by atoms with E-state index in [9.17, 15) is 0 Å². The van der Waals surface area contributed by atoms with Crippen molar-refractivity contribution in [3.05, 3.63) is 40.0 Å². The lowest BCUT2D eigenvalue weighted by molar-refractivity contribution is 0.0649. The molecule has 1 aromatic rings. The second-order valence-corrected chi connectivity index (χ2v) is 5.23. The first kappa shape index (κ1) is 16.5. The molecule has 0 spiro atoms. The molecule has 0 radical (unpaired) electrons. The van der Waals surface area contributed by atoms with Gasteiger partial charge in [0.15, 0.2) is 0 Å². The minimum atomic E-state index is 0.227. The number of hydrogen-bond donors (Lipinski definition) is 0. The van der Waals surface area contributed by atoms with Crippen molar-refractivity contribution in [3.8, 4) is 5.75 Å². The highest BCUT2D eigenvalue weighted by Crippen LogP contribution is 2.15. The Morgan fingerprint density at radius 2 is 1.95 bits per heavy atom. The molecule has 0 amide bonds. The predicted molar refractivity (Wildman–Crippen MR) is 88.9 cm³/mol. The highest BCUT2D eigenvalue weighted by molar-refractivity contribution is 14.1. The van der Waals surface area contributed by atoms with Crippen LogP contribution in [0.5, 0.6) is 5.75 Å². The first-order valence-corrected chi connectivity index (χ1v) is 8.06. The minimum Gasteiger partial charge on any atom is -0.497 e. The first-order valence-electron chi connectivity index (χ1n) is 6.81. The second-order valence-electron chi connectivity index (χ2n) is 4.51. The Labute approximate surface area is 130 Å². The molecule has 0 fully saturated rings. The molecule has 0 aliphatic carbocycles. The van der Waals surface area contributed by atoms with Gasteiger partial charge in [-0.3, -0.25) is 0 Å². The standard InChI is InChI=1S/C16H23IO2/c1-3-4-5-6-16(11-12-17)19-13-14-7-9-15(18-2)10-8-14/h7-12,16H,3-6,13H2,1-2H3/b12-11+/t16-/m1/s1. The summed E-state index contributed by atoms with van der Waals surface area (Å²) in [5.41, 5.74) is 1.18. The summed E-state index contributed by atoms with van der Waals surface area (Å²) < 4.78 is 13.1. The first-order chi connectivity index (χ1) is 9.30. The van der Waals surface area contributed by atoms with Crippen LogP contribution in [-0.4, -0.2) is 13.2 Å². The lowest BCUT2D eigenvalue weighted by Crippen LogP contribution is -2.09. The summed E-state index contributed by atoms with van der Waals surface area (Å²) in [5.74, 6) is 0.885. The molecule has 0 aromatic heterocycles. The van der Waals surface area contributed by atoms with Crippen molar-refractivity contribution in [1.29, 1.82) is 0 Å². The molecule has 0 saturated heterocycles. The molecule has 0 unspecified atom stereocenters. The maximum absolute atomic E-state index is 5.96. The van der Waals surface area contributed by atoms with Crippen LogP contribution < -0.4 is 4.74 Å². The molecule has 106 valence electrons. The van der Waals surface area contributed by atoms with Gasteiger partial charge >= 0.3 is 0 Å². The Morgan fingerprint density at radius 3 is 2.53 bits per heavy atom. The van der Waals surface area contributed by atoms with Crippen molar-refractivity contribution in [2.75, 3.05) is 7.11 Å². The van der Waals surface area contributed by atoms with Crippen LogP contribution >= 0.6 is 22.6 Å². The van der Waals surface area contributed by atoms with Gasteiger partial charge in [-0.05, 0) is 34.3 Å². The van der Waals surface area contributed by atoms with Crippen LogP contribution in [0.3, 0.4) is 0 Å². The van der Waals surface area contributed by atoms with Crippen LogP contribution in [0.1, 0.15) is 38.2 Å². The van der Waals surface area contributed by atoms with Crippen molar-refractivity contribution >= 4 is 22.6 Å². The molecule has 0 heterocycles. The monoisotopic (exact) mass is 374 g/mol. The van der Waals surface area contributed by atoms with Gasteiger partial charge in [0.2, 0.25) is 0 Å². The fourth-order valence-electron chi connectivity index (χ4n) is 1.84. The van der Waals surface area contributed by atoms with E-state index in [0.29, 0.717) is 6.61 Å². The van der Waals surface area contributed by atoms with Crippen molar-refractivity contribution in [3.63, 3.8) is 0 Å². The van der Waals surface area contributed by atoms with Gasteiger partial charge in [-0.1, -0.05) is 60.9 Å². The van der Waals surface area contributed by atoms with Gasteiger partial charge in [0.1, 0.15) is 5.75 Å². The van der Waals surface area contributed by atoms with Crippen molar-refractivity contribution in [2.45, 2.75) is 45.3 Å². The van der Waals surface area contributed by atoms with Crippen molar-refractivity contribution < 1.29 is 9.47 Å². The average Bonchev–Trinajstić information content (AvgIpc) is 2.45. The van der Waals surface area contributed by atoms with Gasteiger partial charge < -0.3 is 9.47 Å². The molecule has 0 bridgehead atoms. The fourth-order valence-corrected chi connectivity index (χ4v) is 2.30. The molecule has 0 saturated carbocycles. The van der Waals surface area contributed by atoms with Crippen LogP contribution in [-0.2, 0) is 11.3 Å². The Hall–Kier alpha value is -0.550. The molecule has 2 nitrogen and oxygen atoms in total. The zero-order valence-corrected chi connectivity index (χ0v) is 13.9. The van der Waals surface area contributed by atoms with E-state index in [0.717, 1.165) is 12.2 Å². The summed E-state index contributed by atoms with van der Waals surface area (Å²) in [6, 6.07) is 8.04. The molecule has 19 heavy (non-hydrogen) atoms. The van der Waals surface area contributed by atoms with E-state index in [1.807, 2.05) is 16.2 Å². The van der Waals surface area contributed by atoms with Gasteiger partial charge in [-0.15, -0.1) is 0 Å². The minimum absolute atomic E-state index is 0.227. The van der Waals surface area contributed by atoms with Crippen LogP contribution in [0.25, 0.3) is 0 Å². The fraction of sp³-hybridized carbons (Fsp3) is 0.500. The van der Waals surface area contributed by atoms with Gasteiger partial charge in [-0.2, -0.15) is 0 Å². The normalized spacial score (nSPS) is 12.8. The zero-order chi connectivity index (χ0) is 13.9. The Balaban J connectivity index is 2.41. The van der Waals surface area contributed by atoms with E-state index in [1.165, 1.54) is 24.8 Å². The predicted octanol–water partition coefficient (Wildman–Crippen LogP) is 5.11. The average molecular weight is 374 g/mol. The largest absolute Gasteiger partial charge is 0.497 e. The molecule has 1 rings (SSSR count). The smallest absolute Gasteiger partial charge is 0.118 e. The topological polar surface area (TPSA) is 18.5 Å². The second kappa shape index (κ2) is 10.3. The summed E-state index contributed by atoms with van der Waals surface area (Å²) in [5, 5.41) is 0. The maximum Gasteiger partial charge on any atom is 0.118 e. The number of hydrogen-bond acceptors (Lipinski definition) is 2. The van der Waals surface area contributed by atoms with E-state index in [1.54, 1.807) is 7.11 Å². The quantitative estimate of drug-likeness (QED) is 0.442. The molecule has 1 atom stereocenters. The summed E-state index contributed by atoms with van der Waals surface area (Å²) in [4.78, 5) is 0. The molecule has 0 aliphatic rings. The van der Waals surface area contributed by atoms with Crippen LogP contribution in [0.2, 0.25) is 0 Å². The lowest BCUT2D eigenvalue weighted by Gasteiger charge is -2.14. The summed E-state index contributed by atoms with van der Waals surface area (Å²) in [6.07, 6.45) is 7.22. The molecule has 0 N–H and O–H groups in total. The van der Waals surface area contributed by atoms with Gasteiger partial charge in [0.05, 0.1) is 19.8 Å². The molecule has 0 aliphatic heterocycles. The number of unbranched alkanes of at least 4 members (excludes halogenated alkanes) is 2. The summed E-state index contributed by atoms with van der Waals surface area (Å²) in [7, 11) is 1.68. The highest BCUT2D eigenvalue weighted by atomic mass is 127. The molecular formula is C16H23IO2. The van der Waals surface area contributed by atoms with E-state index < -0.39 is 0 Å². The number of halogens is 1. The van der Waals surface area contributed by atoms with Gasteiger partial charge in [0.25, 0.3) is 0 Å². The van der Waals surface area contributed by atoms with E-state index >= 15 is 0 Å². The zero-order valence-electron chi connectivity index (χ0n) is 11.8. The Morgan fingerprint density at radius 1 is 1.21 bits per heavy atom. The maximum atomic E-state index is 5.96. The number of rotatable bonds is 9. The van der Waals surface area contributed by atoms with Gasteiger partial charge in [-0.25, -0.2) is 0 Å². The Bertz CT molecular complexity index is 360. The molecule has 3 heteroatoms. The number of methoxy groups -OCH3 is 1. The summed E-state index contributed by atoms with van der Waals surface area (Å²) >= 11 is 2.25. The van der Waals surface area contributed by atoms with E-state index in [2.05, 4.69) is 47.7 Å². The molecule has 1 aromatic carbocycles. The summed E-state index contributed by atoms with van der Waals surface area (Å²) in [6.45, 7) is 2.88.